The molecule has 1 fully saturated rings. The lowest BCUT2D eigenvalue weighted by molar-refractivity contribution is -0.118. The smallest absolute Gasteiger partial charge is 0.138 e. The van der Waals surface area contributed by atoms with Gasteiger partial charge in [0.2, 0.25) is 0 Å². The Morgan fingerprint density at radius 2 is 2.44 bits per heavy atom. The fourth-order valence-electron chi connectivity index (χ4n) is 2.20. The number of carbonyl (C=O) groups is 1. The van der Waals surface area contributed by atoms with Crippen LogP contribution in [-0.4, -0.2) is 18.4 Å². The summed E-state index contributed by atoms with van der Waals surface area (Å²) in [6.07, 6.45) is 6.23. The normalized spacial score (nSPS) is 20.9. The van der Waals surface area contributed by atoms with E-state index in [1.54, 1.807) is 11.3 Å². The van der Waals surface area contributed by atoms with Gasteiger partial charge in [0.15, 0.2) is 0 Å². The number of rotatable bonds is 5. The molecule has 0 aromatic carbocycles. The molecule has 1 atom stereocenters. The molecule has 0 saturated carbocycles. The lowest BCUT2D eigenvalue weighted by Crippen LogP contribution is -2.34. The number of piperidine rings is 1. The Kier molecular flexibility index (Phi) is 4.55. The minimum Gasteiger partial charge on any atom is -0.314 e. The highest BCUT2D eigenvalue weighted by molar-refractivity contribution is 7.10. The second kappa shape index (κ2) is 6.16. The van der Waals surface area contributed by atoms with Gasteiger partial charge in [0, 0.05) is 23.8 Å². The van der Waals surface area contributed by atoms with Gasteiger partial charge < -0.3 is 5.32 Å². The summed E-state index contributed by atoms with van der Waals surface area (Å²) in [4.78, 5) is 12.9. The molecule has 3 heteroatoms. The Morgan fingerprint density at radius 1 is 1.50 bits per heavy atom. The summed E-state index contributed by atoms with van der Waals surface area (Å²) in [6, 6.07) is 4.64. The Morgan fingerprint density at radius 3 is 3.12 bits per heavy atom. The van der Waals surface area contributed by atoms with Gasteiger partial charge in [-0.2, -0.15) is 0 Å². The topological polar surface area (TPSA) is 29.1 Å². The molecule has 2 rings (SSSR count). The van der Waals surface area contributed by atoms with Crippen LogP contribution in [0.1, 0.15) is 37.0 Å². The average Bonchev–Trinajstić information content (AvgIpc) is 2.81. The highest BCUT2D eigenvalue weighted by Crippen LogP contribution is 2.14. The van der Waals surface area contributed by atoms with Crippen molar-refractivity contribution < 1.29 is 4.79 Å². The van der Waals surface area contributed by atoms with Crippen LogP contribution in [0.2, 0.25) is 0 Å². The van der Waals surface area contributed by atoms with Crippen LogP contribution in [0.5, 0.6) is 0 Å². The van der Waals surface area contributed by atoms with Crippen molar-refractivity contribution in [2.24, 2.45) is 0 Å². The molecule has 1 aliphatic rings. The van der Waals surface area contributed by atoms with Crippen molar-refractivity contribution in [3.05, 3.63) is 22.4 Å². The maximum atomic E-state index is 11.7. The lowest BCUT2D eigenvalue weighted by Gasteiger charge is -2.22. The zero-order valence-corrected chi connectivity index (χ0v) is 10.4. The summed E-state index contributed by atoms with van der Waals surface area (Å²) in [5.41, 5.74) is 0. The van der Waals surface area contributed by atoms with Gasteiger partial charge >= 0.3 is 0 Å². The summed E-state index contributed by atoms with van der Waals surface area (Å²) in [5, 5.41) is 5.52. The maximum Gasteiger partial charge on any atom is 0.138 e. The second-order valence-electron chi connectivity index (χ2n) is 4.48. The number of ketones is 1. The van der Waals surface area contributed by atoms with Crippen molar-refractivity contribution in [1.82, 2.24) is 5.32 Å². The first kappa shape index (κ1) is 11.8. The van der Waals surface area contributed by atoms with Crippen molar-refractivity contribution in [2.45, 2.75) is 44.6 Å². The molecule has 0 radical (unpaired) electrons. The second-order valence-corrected chi connectivity index (χ2v) is 5.51. The summed E-state index contributed by atoms with van der Waals surface area (Å²) < 4.78 is 0. The Bertz CT molecular complexity index is 315. The SMILES string of the molecule is O=C(CCC1CCCCN1)Cc1cccs1. The first-order valence-corrected chi connectivity index (χ1v) is 7.00. The number of thiophene rings is 1. The van der Waals surface area contributed by atoms with Gasteiger partial charge in [-0.15, -0.1) is 11.3 Å². The molecule has 0 spiro atoms. The third kappa shape index (κ3) is 3.72. The lowest BCUT2D eigenvalue weighted by atomic mass is 9.98. The molecule has 0 bridgehead atoms. The van der Waals surface area contributed by atoms with Gasteiger partial charge in [-0.3, -0.25) is 4.79 Å². The number of hydrogen-bond acceptors (Lipinski definition) is 3. The Hall–Kier alpha value is -0.670. The molecule has 0 amide bonds. The van der Waals surface area contributed by atoms with Gasteiger partial charge in [-0.1, -0.05) is 12.5 Å². The minimum atomic E-state index is 0.384. The van der Waals surface area contributed by atoms with Gasteiger partial charge in [-0.25, -0.2) is 0 Å². The zero-order chi connectivity index (χ0) is 11.2. The van der Waals surface area contributed by atoms with Crippen LogP contribution in [0, 0.1) is 0 Å². The highest BCUT2D eigenvalue weighted by atomic mass is 32.1. The van der Waals surface area contributed by atoms with Gasteiger partial charge in [0.25, 0.3) is 0 Å². The van der Waals surface area contributed by atoms with Gasteiger partial charge in [-0.05, 0) is 37.3 Å². The number of carbonyl (C=O) groups excluding carboxylic acids is 1. The molecule has 1 aliphatic heterocycles. The Balaban J connectivity index is 1.67. The average molecular weight is 237 g/mol. The number of hydrogen-bond donors (Lipinski definition) is 1. The van der Waals surface area contributed by atoms with Crippen LogP contribution in [0.25, 0.3) is 0 Å². The summed E-state index contributed by atoms with van der Waals surface area (Å²) in [5.74, 6) is 0.384. The molecule has 0 aliphatic carbocycles. The van der Waals surface area contributed by atoms with E-state index in [4.69, 9.17) is 0 Å². The van der Waals surface area contributed by atoms with Crippen LogP contribution in [0.3, 0.4) is 0 Å². The third-order valence-electron chi connectivity index (χ3n) is 3.14. The van der Waals surface area contributed by atoms with E-state index in [1.807, 2.05) is 17.5 Å². The quantitative estimate of drug-likeness (QED) is 0.853. The first-order chi connectivity index (χ1) is 7.84. The van der Waals surface area contributed by atoms with Crippen molar-refractivity contribution in [1.29, 1.82) is 0 Å². The predicted molar refractivity (Wildman–Crippen MR) is 67.9 cm³/mol. The van der Waals surface area contributed by atoms with Gasteiger partial charge in [0.1, 0.15) is 5.78 Å². The van der Waals surface area contributed by atoms with Crippen LogP contribution in [0.15, 0.2) is 17.5 Å². The molecule has 16 heavy (non-hydrogen) atoms. The van der Waals surface area contributed by atoms with Crippen LogP contribution < -0.4 is 5.32 Å². The molecule has 2 nitrogen and oxygen atoms in total. The van der Waals surface area contributed by atoms with Crippen molar-refractivity contribution in [3.63, 3.8) is 0 Å². The number of Topliss-reactive ketones (excluding diaryl/α,β-unsaturated/α-hetero) is 1. The largest absolute Gasteiger partial charge is 0.314 e. The summed E-state index contributed by atoms with van der Waals surface area (Å²) in [6.45, 7) is 1.13. The molecule has 88 valence electrons. The van der Waals surface area contributed by atoms with E-state index in [0.717, 1.165) is 19.4 Å². The van der Waals surface area contributed by atoms with Crippen LogP contribution in [0.4, 0.5) is 0 Å². The molecule has 1 aromatic heterocycles. The monoisotopic (exact) mass is 237 g/mol. The van der Waals surface area contributed by atoms with E-state index < -0.39 is 0 Å². The summed E-state index contributed by atoms with van der Waals surface area (Å²) in [7, 11) is 0. The minimum absolute atomic E-state index is 0.384. The van der Waals surface area contributed by atoms with E-state index in [9.17, 15) is 4.79 Å². The molecule has 2 heterocycles. The molecular formula is C13H19NOS. The first-order valence-electron chi connectivity index (χ1n) is 6.12. The van der Waals surface area contributed by atoms with Gasteiger partial charge in [0.05, 0.1) is 0 Å². The van der Waals surface area contributed by atoms with E-state index in [1.165, 1.54) is 24.1 Å². The van der Waals surface area contributed by atoms with E-state index >= 15 is 0 Å². The molecule has 1 aromatic rings. The van der Waals surface area contributed by atoms with E-state index in [-0.39, 0.29) is 0 Å². The Labute approximate surface area is 101 Å². The molecule has 1 saturated heterocycles. The summed E-state index contributed by atoms with van der Waals surface area (Å²) >= 11 is 1.68. The van der Waals surface area contributed by atoms with Crippen molar-refractivity contribution in [3.8, 4) is 0 Å². The molecule has 1 N–H and O–H groups in total. The standard InChI is InChI=1S/C13H19NOS/c15-12(10-13-5-3-9-16-13)7-6-11-4-1-2-8-14-11/h3,5,9,11,14H,1-2,4,6-8,10H2. The highest BCUT2D eigenvalue weighted by Gasteiger charge is 2.14. The number of nitrogens with one attached hydrogen (secondary N) is 1. The molecular weight excluding hydrogens is 218 g/mol. The van der Waals surface area contributed by atoms with Crippen LogP contribution in [-0.2, 0) is 11.2 Å². The van der Waals surface area contributed by atoms with Crippen molar-refractivity contribution in [2.75, 3.05) is 6.54 Å². The molecule has 1 unspecified atom stereocenters. The van der Waals surface area contributed by atoms with Crippen molar-refractivity contribution >= 4 is 17.1 Å². The van der Waals surface area contributed by atoms with Crippen LogP contribution >= 0.6 is 11.3 Å². The van der Waals surface area contributed by atoms with E-state index in [0.29, 0.717) is 18.2 Å². The fourth-order valence-corrected chi connectivity index (χ4v) is 2.93. The predicted octanol–water partition coefficient (Wildman–Crippen LogP) is 2.78. The fraction of sp³-hybridized carbons (Fsp3) is 0.615. The zero-order valence-electron chi connectivity index (χ0n) is 9.58. The maximum absolute atomic E-state index is 11.7. The third-order valence-corrected chi connectivity index (χ3v) is 4.01. The van der Waals surface area contributed by atoms with E-state index in [2.05, 4.69) is 5.32 Å².